The van der Waals surface area contributed by atoms with Crippen molar-refractivity contribution in [3.05, 3.63) is 70.8 Å². The minimum Gasteiger partial charge on any atom is -0.444 e. The fourth-order valence-corrected chi connectivity index (χ4v) is 3.39. The molecule has 0 aromatic heterocycles. The van der Waals surface area contributed by atoms with Crippen molar-refractivity contribution in [3.8, 4) is 0 Å². The Morgan fingerprint density at radius 2 is 1.50 bits per heavy atom. The summed E-state index contributed by atoms with van der Waals surface area (Å²) < 4.78 is 5.31. The summed E-state index contributed by atoms with van der Waals surface area (Å²) in [5.41, 5.74) is 1.70. The van der Waals surface area contributed by atoms with E-state index in [9.17, 15) is 14.4 Å². The summed E-state index contributed by atoms with van der Waals surface area (Å²) in [4.78, 5) is 37.3. The molecule has 30 heavy (non-hydrogen) atoms. The molecule has 0 aliphatic carbocycles. The van der Waals surface area contributed by atoms with Gasteiger partial charge in [-0.2, -0.15) is 0 Å². The van der Waals surface area contributed by atoms with Crippen LogP contribution in [0.5, 0.6) is 0 Å². The highest BCUT2D eigenvalue weighted by atomic mass is 16.6. The molecule has 0 spiro atoms. The molecule has 2 aromatic carbocycles. The van der Waals surface area contributed by atoms with E-state index in [1.54, 1.807) is 39.0 Å². The van der Waals surface area contributed by atoms with Gasteiger partial charge < -0.3 is 10.1 Å². The molecule has 1 amide bonds. The lowest BCUT2D eigenvalue weighted by Crippen LogP contribution is -2.52. The first-order valence-corrected chi connectivity index (χ1v) is 10.0. The predicted molar refractivity (Wildman–Crippen MR) is 118 cm³/mol. The Bertz CT molecular complexity index is 936. The van der Waals surface area contributed by atoms with E-state index >= 15 is 0 Å². The number of ether oxygens (including phenoxy) is 1. The van der Waals surface area contributed by atoms with Crippen molar-refractivity contribution in [1.29, 1.82) is 0 Å². The Labute approximate surface area is 178 Å². The van der Waals surface area contributed by atoms with Gasteiger partial charge in [0.1, 0.15) is 5.60 Å². The number of hydrogen-bond acceptors (Lipinski definition) is 4. The Balaban J connectivity index is 2.26. The van der Waals surface area contributed by atoms with Gasteiger partial charge in [-0.1, -0.05) is 61.9 Å². The van der Waals surface area contributed by atoms with Crippen LogP contribution in [0.4, 0.5) is 4.79 Å². The van der Waals surface area contributed by atoms with Crippen LogP contribution in [-0.2, 0) is 14.9 Å². The lowest BCUT2D eigenvalue weighted by Gasteiger charge is -2.34. The summed E-state index contributed by atoms with van der Waals surface area (Å²) in [6.45, 7) is 12.5. The number of carbonyl (C=O) groups excluding carboxylic acids is 3. The molecule has 0 fully saturated rings. The second-order valence-electron chi connectivity index (χ2n) is 9.19. The van der Waals surface area contributed by atoms with Crippen molar-refractivity contribution in [3.63, 3.8) is 0 Å². The molecule has 2 aromatic rings. The first-order valence-electron chi connectivity index (χ1n) is 10.0. The number of rotatable bonds is 6. The lowest BCUT2D eigenvalue weighted by atomic mass is 9.76. The van der Waals surface area contributed by atoms with E-state index in [0.717, 1.165) is 11.1 Å². The van der Waals surface area contributed by atoms with Gasteiger partial charge in [0, 0.05) is 16.5 Å². The molecular formula is C25H31NO4. The fourth-order valence-electron chi connectivity index (χ4n) is 3.39. The fraction of sp³-hybridized carbons (Fsp3) is 0.400. The van der Waals surface area contributed by atoms with Crippen LogP contribution in [0.1, 0.15) is 68.6 Å². The third kappa shape index (κ3) is 5.78. The summed E-state index contributed by atoms with van der Waals surface area (Å²) in [5.74, 6) is -0.233. The highest BCUT2D eigenvalue weighted by Gasteiger charge is 2.37. The van der Waals surface area contributed by atoms with E-state index in [2.05, 4.69) is 5.32 Å². The van der Waals surface area contributed by atoms with Crippen LogP contribution >= 0.6 is 0 Å². The van der Waals surface area contributed by atoms with Gasteiger partial charge in [0.25, 0.3) is 0 Å². The Morgan fingerprint density at radius 1 is 0.900 bits per heavy atom. The van der Waals surface area contributed by atoms with Crippen molar-refractivity contribution in [1.82, 2.24) is 5.32 Å². The highest BCUT2D eigenvalue weighted by molar-refractivity contribution is 6.09. The third-order valence-corrected chi connectivity index (χ3v) is 4.96. The minimum absolute atomic E-state index is 0.0574. The topological polar surface area (TPSA) is 72.5 Å². The van der Waals surface area contributed by atoms with Gasteiger partial charge in [-0.3, -0.25) is 9.59 Å². The van der Waals surface area contributed by atoms with Crippen molar-refractivity contribution < 1.29 is 19.1 Å². The number of amides is 1. The number of nitrogens with one attached hydrogen (secondary N) is 1. The zero-order chi connectivity index (χ0) is 22.7. The second-order valence-corrected chi connectivity index (χ2v) is 9.19. The third-order valence-electron chi connectivity index (χ3n) is 4.96. The highest BCUT2D eigenvalue weighted by Crippen LogP contribution is 2.29. The molecule has 2 rings (SSSR count). The number of Topliss-reactive ketones (excluding diaryl/α,β-unsaturated/α-hetero) is 1. The summed E-state index contributed by atoms with van der Waals surface area (Å²) in [6.07, 6.45) is -0.637. The van der Waals surface area contributed by atoms with Crippen LogP contribution in [0.2, 0.25) is 0 Å². The summed E-state index contributed by atoms with van der Waals surface area (Å²) in [7, 11) is 0. The normalized spacial score (nSPS) is 12.8. The van der Waals surface area contributed by atoms with Gasteiger partial charge >= 0.3 is 6.09 Å². The zero-order valence-corrected chi connectivity index (χ0v) is 18.8. The first kappa shape index (κ1) is 23.3. The van der Waals surface area contributed by atoms with Crippen LogP contribution in [0.15, 0.2) is 48.5 Å². The number of benzene rings is 2. The van der Waals surface area contributed by atoms with Gasteiger partial charge in [0.2, 0.25) is 0 Å². The molecule has 0 radical (unpaired) electrons. The Morgan fingerprint density at radius 3 is 2.00 bits per heavy atom. The number of ketones is 2. The molecule has 160 valence electrons. The lowest BCUT2D eigenvalue weighted by molar-refractivity contribution is -0.120. The van der Waals surface area contributed by atoms with Gasteiger partial charge in [0.05, 0.1) is 6.04 Å². The molecule has 5 nitrogen and oxygen atoms in total. The van der Waals surface area contributed by atoms with Crippen LogP contribution in [-0.4, -0.2) is 29.3 Å². The molecule has 1 N–H and O–H groups in total. The quantitative estimate of drug-likeness (QED) is 0.683. The standard InChI is InChI=1S/C25H31NO4/c1-16-9-8-10-19(15-16)21(28)18-11-13-20(14-12-18)25(6,7)22(17(2)27)26-23(29)30-24(3,4)5/h8-15,22H,1-7H3,(H,26,29)/t22-/m1/s1. The zero-order valence-electron chi connectivity index (χ0n) is 18.8. The van der Waals surface area contributed by atoms with Gasteiger partial charge in [-0.05, 0) is 46.2 Å². The first-order chi connectivity index (χ1) is 13.8. The van der Waals surface area contributed by atoms with E-state index < -0.39 is 23.2 Å². The summed E-state index contributed by atoms with van der Waals surface area (Å²) in [5, 5.41) is 2.70. The molecule has 0 bridgehead atoms. The molecule has 0 saturated carbocycles. The molecule has 0 saturated heterocycles. The van der Waals surface area contributed by atoms with Crippen LogP contribution in [0.25, 0.3) is 0 Å². The second kappa shape index (κ2) is 8.82. The van der Waals surface area contributed by atoms with Gasteiger partial charge in [-0.15, -0.1) is 0 Å². The van der Waals surface area contributed by atoms with Gasteiger partial charge in [-0.25, -0.2) is 4.79 Å². The van der Waals surface area contributed by atoms with Crippen LogP contribution in [0.3, 0.4) is 0 Å². The number of alkyl carbamates (subject to hydrolysis) is 1. The van der Waals surface area contributed by atoms with Crippen molar-refractivity contribution in [2.75, 3.05) is 0 Å². The van der Waals surface area contributed by atoms with E-state index in [-0.39, 0.29) is 11.6 Å². The molecule has 0 aliphatic heterocycles. The van der Waals surface area contributed by atoms with Crippen molar-refractivity contribution in [2.24, 2.45) is 0 Å². The molecule has 0 heterocycles. The van der Waals surface area contributed by atoms with Crippen LogP contribution in [0, 0.1) is 6.92 Å². The Kier molecular flexibility index (Phi) is 6.86. The molecule has 0 aliphatic rings. The van der Waals surface area contributed by atoms with E-state index in [0.29, 0.717) is 11.1 Å². The maximum Gasteiger partial charge on any atom is 0.408 e. The average molecular weight is 410 g/mol. The van der Waals surface area contributed by atoms with Crippen LogP contribution < -0.4 is 5.32 Å². The van der Waals surface area contributed by atoms with E-state index in [1.807, 2.05) is 51.1 Å². The SMILES string of the molecule is CC(=O)[C@@H](NC(=O)OC(C)(C)C)C(C)(C)c1ccc(C(=O)c2cccc(C)c2)cc1. The predicted octanol–water partition coefficient (Wildman–Crippen LogP) is 4.99. The average Bonchev–Trinajstić information content (AvgIpc) is 2.64. The van der Waals surface area contributed by atoms with Crippen molar-refractivity contribution >= 4 is 17.7 Å². The minimum atomic E-state index is -0.773. The summed E-state index contributed by atoms with van der Waals surface area (Å²) >= 11 is 0. The van der Waals surface area contributed by atoms with E-state index in [1.165, 1.54) is 6.92 Å². The maximum absolute atomic E-state index is 12.8. The number of carbonyl (C=O) groups is 3. The van der Waals surface area contributed by atoms with E-state index in [4.69, 9.17) is 4.74 Å². The maximum atomic E-state index is 12.8. The smallest absolute Gasteiger partial charge is 0.408 e. The molecular weight excluding hydrogens is 378 g/mol. The number of hydrogen-bond donors (Lipinski definition) is 1. The van der Waals surface area contributed by atoms with Gasteiger partial charge in [0.15, 0.2) is 11.6 Å². The van der Waals surface area contributed by atoms with Crippen molar-refractivity contribution in [2.45, 2.75) is 65.5 Å². The largest absolute Gasteiger partial charge is 0.444 e. The molecule has 1 atom stereocenters. The monoisotopic (exact) mass is 409 g/mol. The Hall–Kier alpha value is -2.95. The summed E-state index contributed by atoms with van der Waals surface area (Å²) in [6, 6.07) is 13.9. The number of aryl methyl sites for hydroxylation is 1. The molecule has 0 unspecified atom stereocenters. The molecule has 5 heteroatoms.